The number of anilines is 1. The molecule has 94 valence electrons. The van der Waals surface area contributed by atoms with E-state index in [0.717, 1.165) is 17.7 Å². The molecule has 1 aliphatic rings. The molecule has 2 rings (SSSR count). The first-order chi connectivity index (χ1) is 8.24. The van der Waals surface area contributed by atoms with Gasteiger partial charge in [0.25, 0.3) is 0 Å². The quantitative estimate of drug-likeness (QED) is 0.791. The fourth-order valence-electron chi connectivity index (χ4n) is 1.81. The maximum Gasteiger partial charge on any atom is 0.233 e. The van der Waals surface area contributed by atoms with Crippen LogP contribution in [0, 0.1) is 0 Å². The van der Waals surface area contributed by atoms with Gasteiger partial charge in [-0.15, -0.1) is 0 Å². The van der Waals surface area contributed by atoms with Gasteiger partial charge in [0.15, 0.2) is 5.82 Å². The van der Waals surface area contributed by atoms with E-state index >= 15 is 0 Å². The third-order valence-electron chi connectivity index (χ3n) is 2.78. The number of morpholine rings is 1. The van der Waals surface area contributed by atoms with E-state index in [1.165, 1.54) is 0 Å². The summed E-state index contributed by atoms with van der Waals surface area (Å²) in [6.45, 7) is 3.63. The van der Waals surface area contributed by atoms with Gasteiger partial charge >= 0.3 is 0 Å². The Kier molecular flexibility index (Phi) is 4.17. The first kappa shape index (κ1) is 12.6. The molecule has 2 atom stereocenters. The molecule has 0 radical (unpaired) electrons. The molecule has 1 saturated heterocycles. The highest BCUT2D eigenvalue weighted by Crippen LogP contribution is 2.21. The molecule has 0 spiro atoms. The predicted molar refractivity (Wildman–Crippen MR) is 68.9 cm³/mol. The lowest BCUT2D eigenvalue weighted by Crippen LogP contribution is -2.49. The predicted octanol–water partition coefficient (Wildman–Crippen LogP) is 1.47. The van der Waals surface area contributed by atoms with Gasteiger partial charge in [-0.25, -0.2) is 0 Å². The summed E-state index contributed by atoms with van der Waals surface area (Å²) in [7, 11) is 1.60. The van der Waals surface area contributed by atoms with Crippen LogP contribution < -0.4 is 9.64 Å². The van der Waals surface area contributed by atoms with Crippen molar-refractivity contribution >= 4 is 21.7 Å². The Morgan fingerprint density at radius 3 is 3.12 bits per heavy atom. The number of ether oxygens (including phenoxy) is 2. The van der Waals surface area contributed by atoms with Crippen molar-refractivity contribution in [3.05, 3.63) is 12.4 Å². The first-order valence-electron chi connectivity index (χ1n) is 5.55. The molecular formula is C11H16BrN3O2. The van der Waals surface area contributed by atoms with Gasteiger partial charge in [0.1, 0.15) is 0 Å². The maximum atomic E-state index is 5.68. The van der Waals surface area contributed by atoms with Crippen LogP contribution in [-0.2, 0) is 4.74 Å². The lowest BCUT2D eigenvalue weighted by Gasteiger charge is -2.38. The second kappa shape index (κ2) is 5.64. The number of methoxy groups -OCH3 is 1. The van der Waals surface area contributed by atoms with Gasteiger partial charge in [0.2, 0.25) is 5.88 Å². The second-order valence-corrected chi connectivity index (χ2v) is 4.68. The fraction of sp³-hybridized carbons (Fsp3) is 0.636. The summed E-state index contributed by atoms with van der Waals surface area (Å²) in [5, 5.41) is 0.827. The number of rotatable bonds is 3. The number of alkyl halides is 1. The summed E-state index contributed by atoms with van der Waals surface area (Å²) >= 11 is 3.45. The zero-order valence-electron chi connectivity index (χ0n) is 9.97. The summed E-state index contributed by atoms with van der Waals surface area (Å²) in [6.07, 6.45) is 3.56. The highest BCUT2D eigenvalue weighted by atomic mass is 79.9. The number of hydrogen-bond donors (Lipinski definition) is 0. The highest BCUT2D eigenvalue weighted by Gasteiger charge is 2.26. The van der Waals surface area contributed by atoms with Crippen LogP contribution in [-0.4, -0.2) is 47.7 Å². The van der Waals surface area contributed by atoms with E-state index in [0.29, 0.717) is 18.5 Å². The molecule has 0 amide bonds. The minimum Gasteiger partial charge on any atom is -0.480 e. The van der Waals surface area contributed by atoms with Crippen molar-refractivity contribution in [2.45, 2.75) is 19.1 Å². The van der Waals surface area contributed by atoms with E-state index < -0.39 is 0 Å². The third kappa shape index (κ3) is 2.87. The van der Waals surface area contributed by atoms with Crippen LogP contribution in [0.3, 0.4) is 0 Å². The molecule has 6 heteroatoms. The number of hydrogen-bond acceptors (Lipinski definition) is 5. The largest absolute Gasteiger partial charge is 0.480 e. The minimum absolute atomic E-state index is 0.194. The molecule has 0 aliphatic carbocycles. The Morgan fingerprint density at radius 1 is 1.59 bits per heavy atom. The molecule has 1 fully saturated rings. The van der Waals surface area contributed by atoms with Gasteiger partial charge in [0.05, 0.1) is 38.3 Å². The Bertz CT molecular complexity index is 377. The Morgan fingerprint density at radius 2 is 2.41 bits per heavy atom. The van der Waals surface area contributed by atoms with Crippen molar-refractivity contribution in [3.8, 4) is 5.88 Å². The lowest BCUT2D eigenvalue weighted by molar-refractivity contribution is 0.0376. The van der Waals surface area contributed by atoms with Crippen LogP contribution in [0.25, 0.3) is 0 Å². The molecule has 2 unspecified atom stereocenters. The summed E-state index contributed by atoms with van der Waals surface area (Å²) in [6, 6.07) is 0.298. The molecule has 0 aromatic carbocycles. The van der Waals surface area contributed by atoms with E-state index in [1.807, 2.05) is 0 Å². The maximum absolute atomic E-state index is 5.68. The van der Waals surface area contributed by atoms with E-state index in [-0.39, 0.29) is 6.10 Å². The standard InChI is InChI=1S/C11H16BrN3O2/c1-8-7-17-9(3-12)6-15(8)10-4-13-5-11(14-10)16-2/h4-5,8-9H,3,6-7H2,1-2H3. The second-order valence-electron chi connectivity index (χ2n) is 4.03. The van der Waals surface area contributed by atoms with Gasteiger partial charge in [-0.1, -0.05) is 15.9 Å². The van der Waals surface area contributed by atoms with Crippen molar-refractivity contribution in [3.63, 3.8) is 0 Å². The average Bonchev–Trinajstić information content (AvgIpc) is 2.39. The first-order valence-corrected chi connectivity index (χ1v) is 6.67. The van der Waals surface area contributed by atoms with Crippen molar-refractivity contribution in [1.29, 1.82) is 0 Å². The van der Waals surface area contributed by atoms with Crippen LogP contribution in [0.4, 0.5) is 5.82 Å². The topological polar surface area (TPSA) is 47.5 Å². The van der Waals surface area contributed by atoms with E-state index in [1.54, 1.807) is 19.5 Å². The normalized spacial score (nSPS) is 24.8. The summed E-state index contributed by atoms with van der Waals surface area (Å²) in [4.78, 5) is 10.7. The van der Waals surface area contributed by atoms with Gasteiger partial charge in [-0.3, -0.25) is 4.98 Å². The molecule has 17 heavy (non-hydrogen) atoms. The van der Waals surface area contributed by atoms with Crippen molar-refractivity contribution in [1.82, 2.24) is 9.97 Å². The van der Waals surface area contributed by atoms with E-state index in [4.69, 9.17) is 9.47 Å². The van der Waals surface area contributed by atoms with Crippen LogP contribution in [0.1, 0.15) is 6.92 Å². The summed E-state index contributed by atoms with van der Waals surface area (Å²) in [5.41, 5.74) is 0. The molecular weight excluding hydrogens is 286 g/mol. The Balaban J connectivity index is 2.18. The zero-order chi connectivity index (χ0) is 12.3. The summed E-state index contributed by atoms with van der Waals surface area (Å²) < 4.78 is 10.8. The van der Waals surface area contributed by atoms with Crippen LogP contribution in [0.5, 0.6) is 5.88 Å². The minimum atomic E-state index is 0.194. The molecule has 0 bridgehead atoms. The number of aromatic nitrogens is 2. The average molecular weight is 302 g/mol. The lowest BCUT2D eigenvalue weighted by atomic mass is 10.2. The van der Waals surface area contributed by atoms with E-state index in [2.05, 4.69) is 37.7 Å². The molecule has 5 nitrogen and oxygen atoms in total. The molecule has 0 N–H and O–H groups in total. The zero-order valence-corrected chi connectivity index (χ0v) is 11.6. The van der Waals surface area contributed by atoms with Gasteiger partial charge in [-0.05, 0) is 6.92 Å². The number of nitrogens with zero attached hydrogens (tertiary/aromatic N) is 3. The van der Waals surface area contributed by atoms with Gasteiger partial charge in [0, 0.05) is 11.9 Å². The summed E-state index contributed by atoms with van der Waals surface area (Å²) in [5.74, 6) is 1.38. The Hall–Kier alpha value is -0.880. The van der Waals surface area contributed by atoms with E-state index in [9.17, 15) is 0 Å². The molecule has 0 saturated carbocycles. The molecule has 1 aliphatic heterocycles. The van der Waals surface area contributed by atoms with Gasteiger partial charge < -0.3 is 14.4 Å². The molecule has 2 heterocycles. The Labute approximate surface area is 109 Å². The third-order valence-corrected chi connectivity index (χ3v) is 3.50. The van der Waals surface area contributed by atoms with Crippen LogP contribution >= 0.6 is 15.9 Å². The molecule has 1 aromatic heterocycles. The monoisotopic (exact) mass is 301 g/mol. The SMILES string of the molecule is COc1cncc(N2CC(CBr)OCC2C)n1. The van der Waals surface area contributed by atoms with Gasteiger partial charge in [-0.2, -0.15) is 4.98 Å². The van der Waals surface area contributed by atoms with Crippen molar-refractivity contribution in [2.24, 2.45) is 0 Å². The fourth-order valence-corrected chi connectivity index (χ4v) is 2.20. The van der Waals surface area contributed by atoms with Crippen LogP contribution in [0.2, 0.25) is 0 Å². The highest BCUT2D eigenvalue weighted by molar-refractivity contribution is 9.09. The van der Waals surface area contributed by atoms with Crippen LogP contribution in [0.15, 0.2) is 12.4 Å². The smallest absolute Gasteiger partial charge is 0.233 e. The number of halogens is 1. The molecule has 1 aromatic rings. The van der Waals surface area contributed by atoms with Crippen molar-refractivity contribution in [2.75, 3.05) is 30.5 Å². The van der Waals surface area contributed by atoms with Crippen molar-refractivity contribution < 1.29 is 9.47 Å².